The molecule has 4 unspecified atom stereocenters. The molecule has 0 aromatic heterocycles. The third-order valence-electron chi connectivity index (χ3n) is 4.70. The summed E-state index contributed by atoms with van der Waals surface area (Å²) in [4.78, 5) is 11.2. The average molecular weight is 269 g/mol. The fourth-order valence-electron chi connectivity index (χ4n) is 3.40. The van der Waals surface area contributed by atoms with E-state index >= 15 is 0 Å². The molecule has 1 saturated heterocycles. The second-order valence-corrected chi connectivity index (χ2v) is 6.42. The van der Waals surface area contributed by atoms with Crippen molar-refractivity contribution in [2.45, 2.75) is 58.1 Å². The van der Waals surface area contributed by atoms with Crippen LogP contribution < -0.4 is 5.32 Å². The molecule has 1 aliphatic heterocycles. The second kappa shape index (κ2) is 6.71. The van der Waals surface area contributed by atoms with E-state index in [4.69, 9.17) is 4.74 Å². The molecule has 4 heteroatoms. The molecule has 0 amide bonds. The number of carboxylic acid groups (broad SMARTS) is 1. The van der Waals surface area contributed by atoms with Gasteiger partial charge in [-0.15, -0.1) is 0 Å². The molecule has 1 heterocycles. The first kappa shape index (κ1) is 14.8. The second-order valence-electron chi connectivity index (χ2n) is 6.42. The molecule has 2 N–H and O–H groups in total. The first-order chi connectivity index (χ1) is 9.08. The SMILES string of the molecule is CC(C)C1CC(NCC2CCCC2C(=O)O)CCO1. The van der Waals surface area contributed by atoms with E-state index in [9.17, 15) is 9.90 Å². The summed E-state index contributed by atoms with van der Waals surface area (Å²) in [6, 6.07) is 0.496. The lowest BCUT2D eigenvalue weighted by atomic mass is 9.93. The van der Waals surface area contributed by atoms with Crippen LogP contribution in [0.25, 0.3) is 0 Å². The molecule has 2 rings (SSSR count). The number of carboxylic acids is 1. The number of ether oxygens (including phenoxy) is 1. The molecule has 1 aliphatic carbocycles. The van der Waals surface area contributed by atoms with Crippen LogP contribution in [0.1, 0.15) is 46.0 Å². The predicted octanol–water partition coefficient (Wildman–Crippen LogP) is 2.28. The van der Waals surface area contributed by atoms with Gasteiger partial charge in [-0.3, -0.25) is 4.79 Å². The fraction of sp³-hybridized carbons (Fsp3) is 0.933. The third-order valence-corrected chi connectivity index (χ3v) is 4.70. The Balaban J connectivity index is 1.77. The number of rotatable bonds is 5. The van der Waals surface area contributed by atoms with E-state index in [0.29, 0.717) is 24.0 Å². The molecule has 0 bridgehead atoms. The van der Waals surface area contributed by atoms with Crippen molar-refractivity contribution in [1.29, 1.82) is 0 Å². The number of nitrogens with one attached hydrogen (secondary N) is 1. The highest BCUT2D eigenvalue weighted by atomic mass is 16.5. The van der Waals surface area contributed by atoms with Gasteiger partial charge in [0.15, 0.2) is 0 Å². The molecule has 0 aromatic rings. The Hall–Kier alpha value is -0.610. The summed E-state index contributed by atoms with van der Waals surface area (Å²) >= 11 is 0. The van der Waals surface area contributed by atoms with Gasteiger partial charge in [0.05, 0.1) is 12.0 Å². The third kappa shape index (κ3) is 3.93. The zero-order valence-corrected chi connectivity index (χ0v) is 12.1. The Morgan fingerprint density at radius 1 is 1.37 bits per heavy atom. The molecule has 2 aliphatic rings. The van der Waals surface area contributed by atoms with Crippen molar-refractivity contribution >= 4 is 5.97 Å². The lowest BCUT2D eigenvalue weighted by Crippen LogP contribution is -2.43. The Morgan fingerprint density at radius 3 is 2.84 bits per heavy atom. The summed E-state index contributed by atoms with van der Waals surface area (Å²) in [7, 11) is 0. The molecule has 4 nitrogen and oxygen atoms in total. The van der Waals surface area contributed by atoms with Crippen molar-refractivity contribution in [3.63, 3.8) is 0 Å². The zero-order chi connectivity index (χ0) is 13.8. The van der Waals surface area contributed by atoms with E-state index in [2.05, 4.69) is 19.2 Å². The fourth-order valence-corrected chi connectivity index (χ4v) is 3.40. The van der Waals surface area contributed by atoms with Crippen molar-refractivity contribution in [2.24, 2.45) is 17.8 Å². The van der Waals surface area contributed by atoms with Gasteiger partial charge in [-0.2, -0.15) is 0 Å². The number of hydrogen-bond acceptors (Lipinski definition) is 3. The predicted molar refractivity (Wildman–Crippen MR) is 74.1 cm³/mol. The lowest BCUT2D eigenvalue weighted by Gasteiger charge is -2.33. The maximum absolute atomic E-state index is 11.2. The summed E-state index contributed by atoms with van der Waals surface area (Å²) in [5, 5.41) is 12.8. The smallest absolute Gasteiger partial charge is 0.306 e. The first-order valence-electron chi connectivity index (χ1n) is 7.65. The van der Waals surface area contributed by atoms with Crippen LogP contribution in [0.4, 0.5) is 0 Å². The zero-order valence-electron chi connectivity index (χ0n) is 12.1. The van der Waals surface area contributed by atoms with Crippen molar-refractivity contribution in [1.82, 2.24) is 5.32 Å². The van der Waals surface area contributed by atoms with Crippen molar-refractivity contribution in [3.8, 4) is 0 Å². The van der Waals surface area contributed by atoms with E-state index in [1.165, 1.54) is 0 Å². The van der Waals surface area contributed by atoms with E-state index in [1.54, 1.807) is 0 Å². The normalized spacial score (nSPS) is 35.7. The quantitative estimate of drug-likeness (QED) is 0.804. The molecule has 0 aromatic carbocycles. The molecule has 0 spiro atoms. The first-order valence-corrected chi connectivity index (χ1v) is 7.65. The van der Waals surface area contributed by atoms with Crippen molar-refractivity contribution < 1.29 is 14.6 Å². The van der Waals surface area contributed by atoms with Gasteiger partial charge >= 0.3 is 5.97 Å². The summed E-state index contributed by atoms with van der Waals surface area (Å²) in [5.41, 5.74) is 0. The van der Waals surface area contributed by atoms with Crippen LogP contribution in [0, 0.1) is 17.8 Å². The Bertz CT molecular complexity index is 306. The van der Waals surface area contributed by atoms with E-state index in [-0.39, 0.29) is 5.92 Å². The molecule has 19 heavy (non-hydrogen) atoms. The van der Waals surface area contributed by atoms with Crippen LogP contribution in [-0.2, 0) is 9.53 Å². The van der Waals surface area contributed by atoms with Gasteiger partial charge in [-0.05, 0) is 44.1 Å². The van der Waals surface area contributed by atoms with Crippen LogP contribution in [0.5, 0.6) is 0 Å². The summed E-state index contributed by atoms with van der Waals surface area (Å²) in [6.07, 6.45) is 5.43. The minimum absolute atomic E-state index is 0.131. The molecule has 0 radical (unpaired) electrons. The molecular weight excluding hydrogens is 242 g/mol. The minimum atomic E-state index is -0.615. The number of hydrogen-bond donors (Lipinski definition) is 2. The minimum Gasteiger partial charge on any atom is -0.481 e. The molecule has 1 saturated carbocycles. The highest BCUT2D eigenvalue weighted by Crippen LogP contribution is 2.31. The van der Waals surface area contributed by atoms with Crippen LogP contribution in [0.15, 0.2) is 0 Å². The van der Waals surface area contributed by atoms with Crippen LogP contribution in [0.3, 0.4) is 0 Å². The van der Waals surface area contributed by atoms with Crippen LogP contribution >= 0.6 is 0 Å². The summed E-state index contributed by atoms with van der Waals surface area (Å²) in [5.74, 6) is 0.130. The topological polar surface area (TPSA) is 58.6 Å². The van der Waals surface area contributed by atoms with Crippen molar-refractivity contribution in [3.05, 3.63) is 0 Å². The highest BCUT2D eigenvalue weighted by Gasteiger charge is 2.33. The van der Waals surface area contributed by atoms with Gasteiger partial charge in [-0.1, -0.05) is 20.3 Å². The maximum Gasteiger partial charge on any atom is 0.306 e. The van der Waals surface area contributed by atoms with Gasteiger partial charge in [-0.25, -0.2) is 0 Å². The number of carbonyl (C=O) groups is 1. The van der Waals surface area contributed by atoms with Crippen molar-refractivity contribution in [2.75, 3.05) is 13.2 Å². The molecule has 4 atom stereocenters. The molecular formula is C15H27NO3. The molecule has 110 valence electrons. The highest BCUT2D eigenvalue weighted by molar-refractivity contribution is 5.70. The Morgan fingerprint density at radius 2 is 2.16 bits per heavy atom. The standard InChI is InChI=1S/C15H27NO3/c1-10(2)14-8-12(6-7-19-14)16-9-11-4-3-5-13(11)15(17)18/h10-14,16H,3-9H2,1-2H3,(H,17,18). The van der Waals surface area contributed by atoms with Crippen LogP contribution in [0.2, 0.25) is 0 Å². The van der Waals surface area contributed by atoms with Gasteiger partial charge in [0.2, 0.25) is 0 Å². The van der Waals surface area contributed by atoms with Crippen LogP contribution in [-0.4, -0.2) is 36.4 Å². The lowest BCUT2D eigenvalue weighted by molar-refractivity contribution is -0.142. The summed E-state index contributed by atoms with van der Waals surface area (Å²) < 4.78 is 5.77. The van der Waals surface area contributed by atoms with Gasteiger partial charge in [0.1, 0.15) is 0 Å². The van der Waals surface area contributed by atoms with Gasteiger partial charge in [0, 0.05) is 12.6 Å². The Kier molecular flexibility index (Phi) is 5.22. The monoisotopic (exact) mass is 269 g/mol. The average Bonchev–Trinajstić information content (AvgIpc) is 2.85. The van der Waals surface area contributed by atoms with Gasteiger partial charge in [0.25, 0.3) is 0 Å². The van der Waals surface area contributed by atoms with E-state index in [1.807, 2.05) is 0 Å². The number of aliphatic carboxylic acids is 1. The molecule has 2 fully saturated rings. The van der Waals surface area contributed by atoms with Gasteiger partial charge < -0.3 is 15.2 Å². The van der Waals surface area contributed by atoms with E-state index in [0.717, 1.165) is 45.3 Å². The van der Waals surface area contributed by atoms with E-state index < -0.39 is 5.97 Å². The summed E-state index contributed by atoms with van der Waals surface area (Å²) in [6.45, 7) is 6.08. The Labute approximate surface area is 115 Å². The largest absolute Gasteiger partial charge is 0.481 e. The maximum atomic E-state index is 11.2.